The van der Waals surface area contributed by atoms with Gasteiger partial charge in [-0.3, -0.25) is 4.57 Å². The number of hydrogen-bond donors (Lipinski definition) is 1. The van der Waals surface area contributed by atoms with Crippen molar-refractivity contribution in [1.82, 2.24) is 0 Å². The minimum atomic E-state index is -3.60. The molecule has 0 saturated heterocycles. The van der Waals surface area contributed by atoms with E-state index in [-0.39, 0.29) is 18.9 Å². The molecule has 1 aromatic rings. The molecule has 1 rings (SSSR count). The maximum absolute atomic E-state index is 12.0. The minimum absolute atomic E-state index is 0.0482. The van der Waals surface area contributed by atoms with Crippen molar-refractivity contribution in [3.63, 3.8) is 0 Å². The Labute approximate surface area is 236 Å². The normalized spacial score (nSPS) is 14.0. The zero-order valence-corrected chi connectivity index (χ0v) is 25.9. The van der Waals surface area contributed by atoms with E-state index in [0.717, 1.165) is 12.0 Å². The summed E-state index contributed by atoms with van der Waals surface area (Å²) in [5, 5.41) is 0.423. The third kappa shape index (κ3) is 22.3. The third-order valence-electron chi connectivity index (χ3n) is 6.60. The van der Waals surface area contributed by atoms with Gasteiger partial charge in [-0.15, -0.1) is 0 Å². The maximum atomic E-state index is 12.0. The number of rotatable bonds is 27. The smallest absolute Gasteiger partial charge is 0.329 e. The van der Waals surface area contributed by atoms with Crippen LogP contribution in [0.25, 0.3) is 0 Å². The molecule has 0 aliphatic carbocycles. The minimum Gasteiger partial charge on any atom is -0.379 e. The highest BCUT2D eigenvalue weighted by atomic mass is 79.9. The number of hydrogen-bond acceptors (Lipinski definition) is 4. The molecule has 0 saturated carbocycles. The summed E-state index contributed by atoms with van der Waals surface area (Å²) in [5.41, 5.74) is 1.05. The van der Waals surface area contributed by atoms with Crippen molar-refractivity contribution in [2.75, 3.05) is 31.3 Å². The van der Waals surface area contributed by atoms with Crippen molar-refractivity contribution < 1.29 is 23.5 Å². The number of halogens is 1. The molecule has 2 atom stereocenters. The first-order valence-electron chi connectivity index (χ1n) is 14.8. The molecule has 0 bridgehead atoms. The standard InChI is InChI=1S/C30H54BrO5P/c1-2-3-4-5-6-7-8-9-10-11-12-13-14-15-16-20-24-34-27-30(28-36-37(32,33)25-23-31)35-26-29-21-18-17-19-22-29/h17-19,21-22,30H,2-16,20,23-28H2,1H3,(H,32,33). The summed E-state index contributed by atoms with van der Waals surface area (Å²) >= 11 is 3.19. The van der Waals surface area contributed by atoms with Gasteiger partial charge in [-0.05, 0) is 12.0 Å². The Morgan fingerprint density at radius 2 is 1.30 bits per heavy atom. The fraction of sp³-hybridized carbons (Fsp3) is 0.800. The Morgan fingerprint density at radius 1 is 0.784 bits per heavy atom. The van der Waals surface area contributed by atoms with Crippen molar-refractivity contribution in [1.29, 1.82) is 0 Å². The SMILES string of the molecule is CCCCCCCCCCCCCCCCCCOCC(COP(=O)(O)CCBr)OCc1ccccc1. The van der Waals surface area contributed by atoms with Gasteiger partial charge in [0.15, 0.2) is 0 Å². The Bertz CT molecular complexity index is 661. The van der Waals surface area contributed by atoms with Crippen LogP contribution in [0.15, 0.2) is 30.3 Å². The first kappa shape index (κ1) is 34.8. The molecule has 0 aromatic heterocycles. The van der Waals surface area contributed by atoms with Gasteiger partial charge in [0.25, 0.3) is 0 Å². The second-order valence-corrected chi connectivity index (χ2v) is 12.9. The molecule has 5 nitrogen and oxygen atoms in total. The summed E-state index contributed by atoms with van der Waals surface area (Å²) in [6.07, 6.45) is 21.3. The summed E-state index contributed by atoms with van der Waals surface area (Å²) in [7, 11) is -3.60. The molecule has 0 fully saturated rings. The van der Waals surface area contributed by atoms with E-state index in [1.54, 1.807) is 0 Å². The highest BCUT2D eigenvalue weighted by molar-refractivity contribution is 9.09. The van der Waals surface area contributed by atoms with E-state index < -0.39 is 7.60 Å². The van der Waals surface area contributed by atoms with E-state index in [9.17, 15) is 9.46 Å². The van der Waals surface area contributed by atoms with Gasteiger partial charge in [-0.1, -0.05) is 149 Å². The van der Waals surface area contributed by atoms with Crippen molar-refractivity contribution in [2.24, 2.45) is 0 Å². The van der Waals surface area contributed by atoms with E-state index in [0.29, 0.717) is 25.2 Å². The van der Waals surface area contributed by atoms with Gasteiger partial charge in [-0.2, -0.15) is 0 Å². The lowest BCUT2D eigenvalue weighted by molar-refractivity contribution is -0.0467. The lowest BCUT2D eigenvalue weighted by Gasteiger charge is -2.20. The van der Waals surface area contributed by atoms with Gasteiger partial charge in [0.05, 0.1) is 26.0 Å². The zero-order chi connectivity index (χ0) is 26.9. The Kier molecular flexibility index (Phi) is 23.3. The van der Waals surface area contributed by atoms with Crippen molar-refractivity contribution in [2.45, 2.75) is 122 Å². The highest BCUT2D eigenvalue weighted by Crippen LogP contribution is 2.41. The first-order chi connectivity index (χ1) is 18.1. The molecule has 0 radical (unpaired) electrons. The lowest BCUT2D eigenvalue weighted by Crippen LogP contribution is -2.25. The van der Waals surface area contributed by atoms with E-state index >= 15 is 0 Å². The third-order valence-corrected chi connectivity index (χ3v) is 8.95. The van der Waals surface area contributed by atoms with Crippen LogP contribution in [-0.4, -0.2) is 42.3 Å². The summed E-state index contributed by atoms with van der Waals surface area (Å²) in [5.74, 6) is 0. The van der Waals surface area contributed by atoms with Crippen LogP contribution in [0, 0.1) is 0 Å². The zero-order valence-electron chi connectivity index (χ0n) is 23.4. The van der Waals surface area contributed by atoms with Crippen LogP contribution >= 0.6 is 23.5 Å². The molecule has 0 aliphatic rings. The Balaban J connectivity index is 2.03. The maximum Gasteiger partial charge on any atom is 0.329 e. The van der Waals surface area contributed by atoms with Crippen LogP contribution in [0.4, 0.5) is 0 Å². The van der Waals surface area contributed by atoms with Crippen LogP contribution in [0.3, 0.4) is 0 Å². The van der Waals surface area contributed by atoms with E-state index in [1.165, 1.54) is 96.3 Å². The van der Waals surface area contributed by atoms with Gasteiger partial charge < -0.3 is 18.9 Å². The molecule has 0 aliphatic heterocycles. The molecule has 216 valence electrons. The lowest BCUT2D eigenvalue weighted by atomic mass is 10.0. The highest BCUT2D eigenvalue weighted by Gasteiger charge is 2.21. The van der Waals surface area contributed by atoms with Crippen LogP contribution in [0.2, 0.25) is 0 Å². The topological polar surface area (TPSA) is 65.0 Å². The van der Waals surface area contributed by atoms with E-state index in [2.05, 4.69) is 22.9 Å². The number of alkyl halides is 1. The van der Waals surface area contributed by atoms with Crippen LogP contribution in [0.1, 0.15) is 115 Å². The fourth-order valence-electron chi connectivity index (χ4n) is 4.27. The Hall–Kier alpha value is -0.230. The van der Waals surface area contributed by atoms with Gasteiger partial charge in [-0.25, -0.2) is 0 Å². The summed E-state index contributed by atoms with van der Waals surface area (Å²) < 4.78 is 29.1. The summed E-state index contributed by atoms with van der Waals surface area (Å²) in [6, 6.07) is 9.90. The average Bonchev–Trinajstić information content (AvgIpc) is 2.89. The molecule has 2 unspecified atom stereocenters. The molecule has 7 heteroatoms. The van der Waals surface area contributed by atoms with Crippen molar-refractivity contribution in [3.8, 4) is 0 Å². The predicted octanol–water partition coefficient (Wildman–Crippen LogP) is 9.45. The first-order valence-corrected chi connectivity index (χ1v) is 17.7. The quantitative estimate of drug-likeness (QED) is 0.0615. The fourth-order valence-corrected chi connectivity index (χ4v) is 6.36. The molecule has 1 aromatic carbocycles. The molecular formula is C30H54BrO5P. The van der Waals surface area contributed by atoms with Gasteiger partial charge in [0.2, 0.25) is 0 Å². The predicted molar refractivity (Wildman–Crippen MR) is 160 cm³/mol. The molecule has 1 N–H and O–H groups in total. The second-order valence-electron chi connectivity index (χ2n) is 10.1. The van der Waals surface area contributed by atoms with Crippen LogP contribution < -0.4 is 0 Å². The number of benzene rings is 1. The largest absolute Gasteiger partial charge is 0.379 e. The van der Waals surface area contributed by atoms with Crippen LogP contribution in [-0.2, 0) is 25.2 Å². The van der Waals surface area contributed by atoms with Crippen LogP contribution in [0.5, 0.6) is 0 Å². The number of unbranched alkanes of at least 4 members (excludes halogenated alkanes) is 15. The Morgan fingerprint density at radius 3 is 1.81 bits per heavy atom. The van der Waals surface area contributed by atoms with Gasteiger partial charge in [0.1, 0.15) is 6.10 Å². The van der Waals surface area contributed by atoms with E-state index in [1.807, 2.05) is 30.3 Å². The molecule has 0 spiro atoms. The van der Waals surface area contributed by atoms with Crippen molar-refractivity contribution >= 4 is 23.5 Å². The number of ether oxygens (including phenoxy) is 2. The molecular weight excluding hydrogens is 551 g/mol. The average molecular weight is 606 g/mol. The molecule has 0 amide bonds. The van der Waals surface area contributed by atoms with E-state index in [4.69, 9.17) is 14.0 Å². The second kappa shape index (κ2) is 24.8. The molecule has 37 heavy (non-hydrogen) atoms. The van der Waals surface area contributed by atoms with Gasteiger partial charge in [0, 0.05) is 11.9 Å². The summed E-state index contributed by atoms with van der Waals surface area (Å²) in [6.45, 7) is 3.79. The molecule has 0 heterocycles. The monoisotopic (exact) mass is 604 g/mol. The summed E-state index contributed by atoms with van der Waals surface area (Å²) in [4.78, 5) is 9.88. The van der Waals surface area contributed by atoms with Crippen molar-refractivity contribution in [3.05, 3.63) is 35.9 Å². The van der Waals surface area contributed by atoms with Gasteiger partial charge >= 0.3 is 7.60 Å².